The summed E-state index contributed by atoms with van der Waals surface area (Å²) in [6, 6.07) is 2.92. The van der Waals surface area contributed by atoms with E-state index in [9.17, 15) is 14.7 Å². The number of hydrogen-bond acceptors (Lipinski definition) is 3. The summed E-state index contributed by atoms with van der Waals surface area (Å²) in [5.74, 6) is -1.09. The molecule has 21 heavy (non-hydrogen) atoms. The largest absolute Gasteiger partial charge is 0.480 e. The zero-order valence-electron chi connectivity index (χ0n) is 13.2. The number of nitrogens with zero attached hydrogens (tertiary/aromatic N) is 1. The standard InChI is InChI=1S/C15H24N2O4/c1-10(2)17-8-6-7-11(17)9-12(13(18)19)16-14(20)21-15(3,4)5/h6-8,10,12H,9H2,1-5H3,(H,16,20)(H,18,19). The van der Waals surface area contributed by atoms with Gasteiger partial charge in [-0.15, -0.1) is 0 Å². The number of carboxylic acids is 1. The number of carboxylic acid groups (broad SMARTS) is 1. The van der Waals surface area contributed by atoms with E-state index in [0.29, 0.717) is 0 Å². The third kappa shape index (κ3) is 5.49. The predicted octanol–water partition coefficient (Wildman–Crippen LogP) is 2.59. The highest BCUT2D eigenvalue weighted by molar-refractivity contribution is 5.80. The quantitative estimate of drug-likeness (QED) is 0.875. The number of carbonyl (C=O) groups is 2. The lowest BCUT2D eigenvalue weighted by Gasteiger charge is -2.22. The summed E-state index contributed by atoms with van der Waals surface area (Å²) < 4.78 is 7.07. The zero-order chi connectivity index (χ0) is 16.2. The van der Waals surface area contributed by atoms with Crippen molar-refractivity contribution >= 4 is 12.1 Å². The normalized spacial score (nSPS) is 13.0. The van der Waals surface area contributed by atoms with Crippen LogP contribution in [0, 0.1) is 0 Å². The molecule has 1 amide bonds. The summed E-state index contributed by atoms with van der Waals surface area (Å²) in [5.41, 5.74) is 0.194. The van der Waals surface area contributed by atoms with Crippen molar-refractivity contribution in [1.82, 2.24) is 9.88 Å². The van der Waals surface area contributed by atoms with Crippen LogP contribution in [-0.4, -0.2) is 33.4 Å². The van der Waals surface area contributed by atoms with Crippen LogP contribution in [0.3, 0.4) is 0 Å². The molecule has 0 aliphatic heterocycles. The Morgan fingerprint density at radius 3 is 2.48 bits per heavy atom. The van der Waals surface area contributed by atoms with Gasteiger partial charge in [0, 0.05) is 24.4 Å². The van der Waals surface area contributed by atoms with Crippen molar-refractivity contribution in [2.75, 3.05) is 0 Å². The second-order valence-corrected chi connectivity index (χ2v) is 6.24. The molecule has 0 aliphatic carbocycles. The number of amides is 1. The van der Waals surface area contributed by atoms with E-state index >= 15 is 0 Å². The number of nitrogens with one attached hydrogen (secondary N) is 1. The van der Waals surface area contributed by atoms with Crippen LogP contribution in [0.4, 0.5) is 4.79 Å². The minimum Gasteiger partial charge on any atom is -0.480 e. The molecule has 1 unspecified atom stereocenters. The monoisotopic (exact) mass is 296 g/mol. The first kappa shape index (κ1) is 17.1. The molecule has 0 radical (unpaired) electrons. The molecule has 0 aromatic carbocycles. The molecule has 1 aromatic rings. The number of hydrogen-bond donors (Lipinski definition) is 2. The topological polar surface area (TPSA) is 80.6 Å². The van der Waals surface area contributed by atoms with Crippen LogP contribution in [0.15, 0.2) is 18.3 Å². The SMILES string of the molecule is CC(C)n1cccc1CC(NC(=O)OC(C)(C)C)C(=O)O. The van der Waals surface area contributed by atoms with Gasteiger partial charge < -0.3 is 19.7 Å². The third-order valence-electron chi connectivity index (χ3n) is 2.83. The maximum Gasteiger partial charge on any atom is 0.408 e. The van der Waals surface area contributed by atoms with Crippen LogP contribution in [-0.2, 0) is 16.0 Å². The fourth-order valence-electron chi connectivity index (χ4n) is 1.96. The molecule has 6 heteroatoms. The van der Waals surface area contributed by atoms with Gasteiger partial charge in [-0.25, -0.2) is 9.59 Å². The van der Waals surface area contributed by atoms with Gasteiger partial charge in [-0.2, -0.15) is 0 Å². The highest BCUT2D eigenvalue weighted by Gasteiger charge is 2.25. The number of aliphatic carboxylic acids is 1. The Labute approximate surface area is 125 Å². The van der Waals surface area contributed by atoms with E-state index in [-0.39, 0.29) is 12.5 Å². The molecular weight excluding hydrogens is 272 g/mol. The van der Waals surface area contributed by atoms with Crippen LogP contribution < -0.4 is 5.32 Å². The van der Waals surface area contributed by atoms with E-state index in [4.69, 9.17) is 4.74 Å². The molecule has 0 bridgehead atoms. The van der Waals surface area contributed by atoms with Crippen molar-refractivity contribution < 1.29 is 19.4 Å². The van der Waals surface area contributed by atoms with Crippen LogP contribution in [0.1, 0.15) is 46.4 Å². The molecule has 0 aliphatic rings. The lowest BCUT2D eigenvalue weighted by molar-refractivity contribution is -0.139. The van der Waals surface area contributed by atoms with Gasteiger partial charge in [-0.3, -0.25) is 0 Å². The van der Waals surface area contributed by atoms with Gasteiger partial charge >= 0.3 is 12.1 Å². The summed E-state index contributed by atoms with van der Waals surface area (Å²) in [5, 5.41) is 11.7. The average molecular weight is 296 g/mol. The van der Waals surface area contributed by atoms with Crippen molar-refractivity contribution in [1.29, 1.82) is 0 Å². The second kappa shape index (κ2) is 6.65. The second-order valence-electron chi connectivity index (χ2n) is 6.24. The van der Waals surface area contributed by atoms with Crippen molar-refractivity contribution in [2.24, 2.45) is 0 Å². The summed E-state index contributed by atoms with van der Waals surface area (Å²) in [7, 11) is 0. The molecule has 1 atom stereocenters. The van der Waals surface area contributed by atoms with Gasteiger partial charge in [-0.1, -0.05) is 0 Å². The highest BCUT2D eigenvalue weighted by atomic mass is 16.6. The molecule has 118 valence electrons. The fourth-order valence-corrected chi connectivity index (χ4v) is 1.96. The molecular formula is C15H24N2O4. The fraction of sp³-hybridized carbons (Fsp3) is 0.600. The molecule has 6 nitrogen and oxygen atoms in total. The number of aromatic nitrogens is 1. The Kier molecular flexibility index (Phi) is 5.41. The van der Waals surface area contributed by atoms with Crippen molar-refractivity contribution in [3.8, 4) is 0 Å². The van der Waals surface area contributed by atoms with E-state index in [2.05, 4.69) is 5.32 Å². The molecule has 0 spiro atoms. The number of rotatable bonds is 5. The zero-order valence-corrected chi connectivity index (χ0v) is 13.2. The maximum atomic E-state index is 11.7. The number of alkyl carbamates (subject to hydrolysis) is 1. The van der Waals surface area contributed by atoms with E-state index in [0.717, 1.165) is 5.69 Å². The molecule has 1 rings (SSSR count). The van der Waals surface area contributed by atoms with Crippen molar-refractivity contribution in [3.63, 3.8) is 0 Å². The van der Waals surface area contributed by atoms with Gasteiger partial charge in [0.05, 0.1) is 0 Å². The number of carbonyl (C=O) groups excluding carboxylic acids is 1. The minimum atomic E-state index is -1.09. The predicted molar refractivity (Wildman–Crippen MR) is 79.3 cm³/mol. The third-order valence-corrected chi connectivity index (χ3v) is 2.83. The molecule has 1 aromatic heterocycles. The van der Waals surface area contributed by atoms with Crippen molar-refractivity contribution in [2.45, 2.75) is 58.7 Å². The van der Waals surface area contributed by atoms with E-state index in [1.54, 1.807) is 20.8 Å². The summed E-state index contributed by atoms with van der Waals surface area (Å²) in [6.45, 7) is 9.21. The summed E-state index contributed by atoms with van der Waals surface area (Å²) >= 11 is 0. The molecule has 0 fully saturated rings. The summed E-state index contributed by atoms with van der Waals surface area (Å²) in [4.78, 5) is 23.0. The van der Waals surface area contributed by atoms with E-state index < -0.39 is 23.7 Å². The van der Waals surface area contributed by atoms with Gasteiger partial charge in [0.15, 0.2) is 0 Å². The Morgan fingerprint density at radius 1 is 1.38 bits per heavy atom. The number of ether oxygens (including phenoxy) is 1. The van der Waals surface area contributed by atoms with Crippen LogP contribution in [0.2, 0.25) is 0 Å². The average Bonchev–Trinajstić information content (AvgIpc) is 2.73. The Morgan fingerprint density at radius 2 is 2.00 bits per heavy atom. The van der Waals surface area contributed by atoms with Gasteiger partial charge in [0.1, 0.15) is 11.6 Å². The van der Waals surface area contributed by atoms with E-state index in [1.165, 1.54) is 0 Å². The minimum absolute atomic E-state index is 0.208. The van der Waals surface area contributed by atoms with E-state index in [1.807, 2.05) is 36.7 Å². The Balaban J connectivity index is 2.77. The van der Waals surface area contributed by atoms with Crippen LogP contribution >= 0.6 is 0 Å². The van der Waals surface area contributed by atoms with Crippen molar-refractivity contribution in [3.05, 3.63) is 24.0 Å². The van der Waals surface area contributed by atoms with Gasteiger partial charge in [0.2, 0.25) is 0 Å². The first-order chi connectivity index (χ1) is 9.60. The highest BCUT2D eigenvalue weighted by Crippen LogP contribution is 2.13. The Hall–Kier alpha value is -1.98. The first-order valence-corrected chi connectivity index (χ1v) is 6.98. The lowest BCUT2D eigenvalue weighted by atomic mass is 10.1. The maximum absolute atomic E-state index is 11.7. The van der Waals surface area contributed by atoms with Crippen LogP contribution in [0.5, 0.6) is 0 Å². The molecule has 1 heterocycles. The first-order valence-electron chi connectivity index (χ1n) is 6.98. The molecule has 0 saturated heterocycles. The van der Waals surface area contributed by atoms with Gasteiger partial charge in [0.25, 0.3) is 0 Å². The van der Waals surface area contributed by atoms with Crippen LogP contribution in [0.25, 0.3) is 0 Å². The summed E-state index contributed by atoms with van der Waals surface area (Å²) in [6.07, 6.45) is 1.38. The Bertz CT molecular complexity index is 500. The van der Waals surface area contributed by atoms with Gasteiger partial charge in [-0.05, 0) is 46.8 Å². The molecule has 2 N–H and O–H groups in total. The smallest absolute Gasteiger partial charge is 0.408 e. The molecule has 0 saturated carbocycles. The lowest BCUT2D eigenvalue weighted by Crippen LogP contribution is -2.45.